The highest BCUT2D eigenvalue weighted by Gasteiger charge is 2.20. The molecule has 6 heteroatoms. The lowest BCUT2D eigenvalue weighted by molar-refractivity contribution is -0.136. The lowest BCUT2D eigenvalue weighted by Crippen LogP contribution is -2.38. The molecule has 0 aliphatic carbocycles. The largest absolute Gasteiger partial charge is 0.396 e. The van der Waals surface area contributed by atoms with Crippen molar-refractivity contribution in [3.8, 4) is 0 Å². The zero-order valence-corrected chi connectivity index (χ0v) is 15.8. The van der Waals surface area contributed by atoms with Crippen molar-refractivity contribution in [2.45, 2.75) is 25.1 Å². The first-order valence-corrected chi connectivity index (χ1v) is 9.81. The third kappa shape index (κ3) is 5.34. The van der Waals surface area contributed by atoms with E-state index in [2.05, 4.69) is 10.6 Å². The summed E-state index contributed by atoms with van der Waals surface area (Å²) in [6, 6.07) is 14.5. The predicted molar refractivity (Wildman–Crippen MR) is 106 cm³/mol. The second-order valence-corrected chi connectivity index (χ2v) is 6.79. The van der Waals surface area contributed by atoms with Gasteiger partial charge in [-0.05, 0) is 42.4 Å². The van der Waals surface area contributed by atoms with Crippen LogP contribution in [0.4, 0.5) is 5.69 Å². The number of rotatable bonds is 7. The molecule has 2 rings (SSSR count). The Hall–Kier alpha value is -2.31. The summed E-state index contributed by atoms with van der Waals surface area (Å²) in [5.74, 6) is -0.593. The van der Waals surface area contributed by atoms with Crippen molar-refractivity contribution in [2.75, 3.05) is 18.2 Å². The Balaban J connectivity index is 2.07. The fraction of sp³-hybridized carbons (Fsp3) is 0.300. The molecule has 1 atom stereocenters. The number of carbonyl (C=O) groups is 2. The van der Waals surface area contributed by atoms with Gasteiger partial charge < -0.3 is 15.7 Å². The molecule has 1 unspecified atom stereocenters. The first kappa shape index (κ1) is 20.0. The van der Waals surface area contributed by atoms with E-state index in [0.717, 1.165) is 22.4 Å². The summed E-state index contributed by atoms with van der Waals surface area (Å²) in [4.78, 5) is 24.6. The molecule has 0 bridgehead atoms. The minimum absolute atomic E-state index is 0.0860. The molecule has 3 N–H and O–H groups in total. The average molecular weight is 372 g/mol. The van der Waals surface area contributed by atoms with Crippen molar-refractivity contribution in [3.63, 3.8) is 0 Å². The van der Waals surface area contributed by atoms with Crippen molar-refractivity contribution < 1.29 is 14.7 Å². The van der Waals surface area contributed by atoms with Gasteiger partial charge in [0.2, 0.25) is 0 Å². The summed E-state index contributed by atoms with van der Waals surface area (Å²) in [6.07, 6.45) is 2.36. The number of nitrogens with one attached hydrogen (secondary N) is 2. The zero-order valence-electron chi connectivity index (χ0n) is 15.0. The number of carbonyl (C=O) groups excluding carboxylic acids is 2. The van der Waals surface area contributed by atoms with Crippen LogP contribution in [-0.2, 0) is 15.3 Å². The molecule has 2 amide bonds. The monoisotopic (exact) mass is 372 g/mol. The number of hydrogen-bond donors (Lipinski definition) is 3. The van der Waals surface area contributed by atoms with Gasteiger partial charge in [0.1, 0.15) is 0 Å². The van der Waals surface area contributed by atoms with Crippen molar-refractivity contribution >= 4 is 29.3 Å². The van der Waals surface area contributed by atoms with E-state index in [1.165, 1.54) is 0 Å². The second-order valence-electron chi connectivity index (χ2n) is 5.93. The number of anilines is 1. The molecule has 2 aromatic rings. The standard InChI is InChI=1S/C20H24N2O3S/c1-14-16(13-26-2)9-6-10-17(14)21-19(24)20(25)22-18(11-12-23)15-7-4-3-5-8-15/h3-10,18,23H,11-13H2,1-2H3,(H,21,24)(H,22,25). The minimum Gasteiger partial charge on any atom is -0.396 e. The van der Waals surface area contributed by atoms with Gasteiger partial charge in [-0.3, -0.25) is 9.59 Å². The van der Waals surface area contributed by atoms with Gasteiger partial charge in [-0.2, -0.15) is 11.8 Å². The lowest BCUT2D eigenvalue weighted by Gasteiger charge is -2.18. The summed E-state index contributed by atoms with van der Waals surface area (Å²) in [5.41, 5.74) is 3.56. The quantitative estimate of drug-likeness (QED) is 0.653. The lowest BCUT2D eigenvalue weighted by atomic mass is 10.0. The normalized spacial score (nSPS) is 11.7. The molecule has 0 spiro atoms. The summed E-state index contributed by atoms with van der Waals surface area (Å²) >= 11 is 1.70. The first-order valence-electron chi connectivity index (χ1n) is 8.42. The van der Waals surface area contributed by atoms with Crippen LogP contribution in [0.2, 0.25) is 0 Å². The van der Waals surface area contributed by atoms with Crippen LogP contribution in [0.5, 0.6) is 0 Å². The first-order chi connectivity index (χ1) is 12.6. The van der Waals surface area contributed by atoms with Crippen molar-refractivity contribution in [3.05, 3.63) is 65.2 Å². The molecule has 138 valence electrons. The zero-order chi connectivity index (χ0) is 18.9. The van der Waals surface area contributed by atoms with E-state index in [9.17, 15) is 14.7 Å². The van der Waals surface area contributed by atoms with E-state index in [0.29, 0.717) is 12.1 Å². The molecule has 0 aliphatic rings. The van der Waals surface area contributed by atoms with Crippen molar-refractivity contribution in [1.82, 2.24) is 5.32 Å². The molecule has 0 aliphatic heterocycles. The maximum Gasteiger partial charge on any atom is 0.313 e. The van der Waals surface area contributed by atoms with Crippen LogP contribution in [0.3, 0.4) is 0 Å². The highest BCUT2D eigenvalue weighted by atomic mass is 32.2. The molecule has 26 heavy (non-hydrogen) atoms. The van der Waals surface area contributed by atoms with Crippen LogP contribution in [-0.4, -0.2) is 29.8 Å². The molecule has 5 nitrogen and oxygen atoms in total. The molecular formula is C20H24N2O3S. The maximum atomic E-state index is 12.3. The van der Waals surface area contributed by atoms with E-state index < -0.39 is 17.9 Å². The maximum absolute atomic E-state index is 12.3. The van der Waals surface area contributed by atoms with Gasteiger partial charge >= 0.3 is 11.8 Å². The molecule has 0 saturated carbocycles. The summed E-state index contributed by atoms with van der Waals surface area (Å²) in [5, 5.41) is 14.6. The van der Waals surface area contributed by atoms with Crippen LogP contribution < -0.4 is 10.6 Å². The van der Waals surface area contributed by atoms with E-state index in [1.807, 2.05) is 55.6 Å². The highest BCUT2D eigenvalue weighted by Crippen LogP contribution is 2.22. The Kier molecular flexibility index (Phi) is 7.69. The molecule has 2 aromatic carbocycles. The Labute approximate surface area is 158 Å². The third-order valence-corrected chi connectivity index (χ3v) is 4.72. The second kappa shape index (κ2) is 9.99. The van der Waals surface area contributed by atoms with Gasteiger partial charge in [0.25, 0.3) is 0 Å². The molecule has 0 heterocycles. The van der Waals surface area contributed by atoms with Gasteiger partial charge in [-0.15, -0.1) is 0 Å². The Morgan fingerprint density at radius 1 is 1.08 bits per heavy atom. The van der Waals surface area contributed by atoms with Crippen molar-refractivity contribution in [2.24, 2.45) is 0 Å². The molecule has 0 saturated heterocycles. The number of hydrogen-bond acceptors (Lipinski definition) is 4. The summed E-state index contributed by atoms with van der Waals surface area (Å²) in [7, 11) is 0. The Morgan fingerprint density at radius 2 is 1.81 bits per heavy atom. The van der Waals surface area contributed by atoms with Crippen LogP contribution in [0.1, 0.15) is 29.2 Å². The SMILES string of the molecule is CSCc1cccc(NC(=O)C(=O)NC(CCO)c2ccccc2)c1C. The molecule has 0 fully saturated rings. The van der Waals surface area contributed by atoms with Crippen LogP contribution in [0, 0.1) is 6.92 Å². The van der Waals surface area contributed by atoms with Crippen LogP contribution >= 0.6 is 11.8 Å². The number of benzene rings is 2. The van der Waals surface area contributed by atoms with Crippen molar-refractivity contribution in [1.29, 1.82) is 0 Å². The van der Waals surface area contributed by atoms with Gasteiger partial charge in [-0.1, -0.05) is 42.5 Å². The highest BCUT2D eigenvalue weighted by molar-refractivity contribution is 7.97. The van der Waals surface area contributed by atoms with Gasteiger partial charge in [0, 0.05) is 18.0 Å². The number of thioether (sulfide) groups is 1. The summed E-state index contributed by atoms with van der Waals surface area (Å²) in [6.45, 7) is 1.84. The third-order valence-electron chi connectivity index (χ3n) is 4.13. The average Bonchev–Trinajstić information content (AvgIpc) is 2.65. The predicted octanol–water partition coefficient (Wildman–Crippen LogP) is 3.04. The number of aliphatic hydroxyl groups excluding tert-OH is 1. The molecule has 0 aromatic heterocycles. The topological polar surface area (TPSA) is 78.4 Å². The minimum atomic E-state index is -0.720. The Morgan fingerprint density at radius 3 is 2.46 bits per heavy atom. The van der Waals surface area contributed by atoms with E-state index >= 15 is 0 Å². The molecule has 0 radical (unpaired) electrons. The van der Waals surface area contributed by atoms with E-state index in [-0.39, 0.29) is 6.61 Å². The van der Waals surface area contributed by atoms with E-state index in [1.54, 1.807) is 17.8 Å². The van der Waals surface area contributed by atoms with Crippen LogP contribution in [0.15, 0.2) is 48.5 Å². The number of amides is 2. The smallest absolute Gasteiger partial charge is 0.313 e. The molecular weight excluding hydrogens is 348 g/mol. The van der Waals surface area contributed by atoms with Gasteiger partial charge in [0.05, 0.1) is 6.04 Å². The summed E-state index contributed by atoms with van der Waals surface area (Å²) < 4.78 is 0. The Bertz CT molecular complexity index is 750. The van der Waals surface area contributed by atoms with E-state index in [4.69, 9.17) is 0 Å². The van der Waals surface area contributed by atoms with Gasteiger partial charge in [-0.25, -0.2) is 0 Å². The fourth-order valence-corrected chi connectivity index (χ4v) is 3.29. The number of aliphatic hydroxyl groups is 1. The van der Waals surface area contributed by atoms with Gasteiger partial charge in [0.15, 0.2) is 0 Å². The fourth-order valence-electron chi connectivity index (χ4n) is 2.67. The van der Waals surface area contributed by atoms with Crippen LogP contribution in [0.25, 0.3) is 0 Å².